The fraction of sp³-hybridized carbons (Fsp3) is 0. The maximum absolute atomic E-state index is 12.5. The van der Waals surface area contributed by atoms with Gasteiger partial charge in [0.2, 0.25) is 0 Å². The van der Waals surface area contributed by atoms with Gasteiger partial charge in [0.05, 0.1) is 15.6 Å². The number of aromatic nitrogens is 3. The number of nitrogens with zero attached hydrogens (tertiary/aromatic N) is 2. The van der Waals surface area contributed by atoms with Crippen molar-refractivity contribution >= 4 is 57.2 Å². The molecule has 0 bridgehead atoms. The lowest BCUT2D eigenvalue weighted by atomic mass is 10.2. The van der Waals surface area contributed by atoms with E-state index in [4.69, 9.17) is 23.2 Å². The second-order valence-corrected chi connectivity index (χ2v) is 7.06. The second-order valence-electron chi connectivity index (χ2n) is 5.39. The zero-order valence-corrected chi connectivity index (χ0v) is 15.3. The first-order valence-electron chi connectivity index (χ1n) is 7.41. The Morgan fingerprint density at radius 1 is 1.19 bits per heavy atom. The van der Waals surface area contributed by atoms with E-state index in [2.05, 4.69) is 20.5 Å². The van der Waals surface area contributed by atoms with E-state index in [1.165, 1.54) is 23.5 Å². The maximum Gasteiger partial charge on any atom is 0.276 e. The fourth-order valence-corrected chi connectivity index (χ4v) is 4.03. The van der Waals surface area contributed by atoms with Gasteiger partial charge >= 0.3 is 0 Å². The zero-order valence-electron chi connectivity index (χ0n) is 13.0. The molecule has 0 saturated carbocycles. The minimum atomic E-state index is -0.405. The van der Waals surface area contributed by atoms with E-state index in [0.29, 0.717) is 37.3 Å². The summed E-state index contributed by atoms with van der Waals surface area (Å²) in [6.07, 6.45) is 0. The number of aromatic amines is 1. The Labute approximate surface area is 161 Å². The van der Waals surface area contributed by atoms with Gasteiger partial charge in [-0.2, -0.15) is 5.10 Å². The Balaban J connectivity index is 1.62. The summed E-state index contributed by atoms with van der Waals surface area (Å²) >= 11 is 13.7. The van der Waals surface area contributed by atoms with Gasteiger partial charge in [-0.25, -0.2) is 4.98 Å². The first-order chi connectivity index (χ1) is 12.5. The van der Waals surface area contributed by atoms with Crippen molar-refractivity contribution < 1.29 is 9.90 Å². The Morgan fingerprint density at radius 2 is 1.96 bits per heavy atom. The van der Waals surface area contributed by atoms with Crippen molar-refractivity contribution in [3.63, 3.8) is 0 Å². The standard InChI is InChI=1S/C17H10Cl2N4O2S/c18-10-2-1-3-11(19)14(10)17-20-13(7-26-17)16(25)21-15-9-5-4-8(24)6-12(9)22-23-15/h1-7,24H,(H2,21,22,23,25). The molecule has 0 aliphatic rings. The average molecular weight is 405 g/mol. The van der Waals surface area contributed by atoms with Crippen LogP contribution in [0, 0.1) is 0 Å². The number of amides is 1. The van der Waals surface area contributed by atoms with E-state index >= 15 is 0 Å². The number of aromatic hydroxyl groups is 1. The summed E-state index contributed by atoms with van der Waals surface area (Å²) in [7, 11) is 0. The number of H-pyrrole nitrogens is 1. The van der Waals surface area contributed by atoms with Crippen LogP contribution in [-0.2, 0) is 0 Å². The maximum atomic E-state index is 12.5. The average Bonchev–Trinajstić information content (AvgIpc) is 3.22. The van der Waals surface area contributed by atoms with Crippen LogP contribution in [0.2, 0.25) is 10.0 Å². The minimum Gasteiger partial charge on any atom is -0.508 e. The summed E-state index contributed by atoms with van der Waals surface area (Å²) in [6, 6.07) is 9.90. The number of hydrogen-bond acceptors (Lipinski definition) is 5. The lowest BCUT2D eigenvalue weighted by Gasteiger charge is -2.03. The molecule has 0 aliphatic heterocycles. The van der Waals surface area contributed by atoms with Gasteiger partial charge in [-0.15, -0.1) is 11.3 Å². The summed E-state index contributed by atoms with van der Waals surface area (Å²) in [4.78, 5) is 16.8. The van der Waals surface area contributed by atoms with E-state index in [1.807, 2.05) is 0 Å². The van der Waals surface area contributed by atoms with Crippen LogP contribution in [0.15, 0.2) is 41.8 Å². The summed E-state index contributed by atoms with van der Waals surface area (Å²) in [5.41, 5.74) is 1.44. The molecule has 0 atom stereocenters. The van der Waals surface area contributed by atoms with Gasteiger partial charge in [0.1, 0.15) is 16.5 Å². The highest BCUT2D eigenvalue weighted by molar-refractivity contribution is 7.13. The van der Waals surface area contributed by atoms with Crippen molar-refractivity contribution in [2.75, 3.05) is 5.32 Å². The zero-order chi connectivity index (χ0) is 18.3. The smallest absolute Gasteiger partial charge is 0.276 e. The van der Waals surface area contributed by atoms with E-state index < -0.39 is 5.91 Å². The molecule has 2 heterocycles. The molecule has 2 aromatic carbocycles. The molecule has 26 heavy (non-hydrogen) atoms. The number of fused-ring (bicyclic) bond motifs is 1. The Morgan fingerprint density at radius 3 is 2.73 bits per heavy atom. The van der Waals surface area contributed by atoms with Crippen LogP contribution >= 0.6 is 34.5 Å². The third kappa shape index (κ3) is 3.01. The molecule has 0 spiro atoms. The van der Waals surface area contributed by atoms with Gasteiger partial charge in [-0.1, -0.05) is 29.3 Å². The molecule has 9 heteroatoms. The summed E-state index contributed by atoms with van der Waals surface area (Å²) in [5, 5.41) is 22.8. The first kappa shape index (κ1) is 16.8. The number of carbonyl (C=O) groups is 1. The monoisotopic (exact) mass is 404 g/mol. The fourth-order valence-electron chi connectivity index (χ4n) is 2.47. The van der Waals surface area contributed by atoms with Gasteiger partial charge in [-0.3, -0.25) is 9.89 Å². The largest absolute Gasteiger partial charge is 0.508 e. The molecular formula is C17H10Cl2N4O2S. The first-order valence-corrected chi connectivity index (χ1v) is 9.05. The number of anilines is 1. The highest BCUT2D eigenvalue weighted by Gasteiger charge is 2.17. The number of phenolic OH excluding ortho intramolecular Hbond substituents is 1. The van der Waals surface area contributed by atoms with Crippen LogP contribution in [0.1, 0.15) is 10.5 Å². The quantitative estimate of drug-likeness (QED) is 0.450. The number of halogens is 2. The highest BCUT2D eigenvalue weighted by atomic mass is 35.5. The summed E-state index contributed by atoms with van der Waals surface area (Å²) in [6.45, 7) is 0. The normalized spacial score (nSPS) is 11.0. The number of carbonyl (C=O) groups excluding carboxylic acids is 1. The predicted molar refractivity (Wildman–Crippen MR) is 103 cm³/mol. The number of nitrogens with one attached hydrogen (secondary N) is 2. The number of phenols is 1. The molecule has 0 unspecified atom stereocenters. The van der Waals surface area contributed by atoms with E-state index in [1.54, 1.807) is 29.6 Å². The molecule has 0 saturated heterocycles. The van der Waals surface area contributed by atoms with Crippen LogP contribution in [0.25, 0.3) is 21.5 Å². The van der Waals surface area contributed by atoms with Crippen LogP contribution in [0.5, 0.6) is 5.75 Å². The Hall–Kier alpha value is -2.61. The third-order valence-electron chi connectivity index (χ3n) is 3.69. The Bertz CT molecular complexity index is 1120. The van der Waals surface area contributed by atoms with E-state index in [-0.39, 0.29) is 11.4 Å². The summed E-state index contributed by atoms with van der Waals surface area (Å²) in [5.74, 6) is 0.0623. The van der Waals surface area contributed by atoms with Gasteiger partial charge in [0.25, 0.3) is 5.91 Å². The number of rotatable bonds is 3. The molecule has 3 N–H and O–H groups in total. The molecule has 4 aromatic rings. The SMILES string of the molecule is O=C(Nc1n[nH]c2cc(O)ccc12)c1csc(-c2c(Cl)cccc2Cl)n1. The van der Waals surface area contributed by atoms with Crippen molar-refractivity contribution in [1.29, 1.82) is 0 Å². The van der Waals surface area contributed by atoms with E-state index in [0.717, 1.165) is 0 Å². The highest BCUT2D eigenvalue weighted by Crippen LogP contribution is 2.36. The number of hydrogen-bond donors (Lipinski definition) is 3. The Kier molecular flexibility index (Phi) is 4.28. The van der Waals surface area contributed by atoms with Crippen molar-refractivity contribution in [3.05, 3.63) is 57.5 Å². The van der Waals surface area contributed by atoms with Crippen molar-refractivity contribution in [1.82, 2.24) is 15.2 Å². The third-order valence-corrected chi connectivity index (χ3v) is 5.18. The molecule has 1 amide bonds. The van der Waals surface area contributed by atoms with Gasteiger partial charge in [-0.05, 0) is 24.3 Å². The van der Waals surface area contributed by atoms with Gasteiger partial charge in [0, 0.05) is 22.4 Å². The minimum absolute atomic E-state index is 0.111. The number of benzene rings is 2. The molecule has 2 aromatic heterocycles. The van der Waals surface area contributed by atoms with Crippen LogP contribution in [0.3, 0.4) is 0 Å². The van der Waals surface area contributed by atoms with Crippen molar-refractivity contribution in [2.45, 2.75) is 0 Å². The molecular weight excluding hydrogens is 395 g/mol. The molecule has 6 nitrogen and oxygen atoms in total. The van der Waals surface area contributed by atoms with Crippen molar-refractivity contribution in [2.24, 2.45) is 0 Å². The van der Waals surface area contributed by atoms with E-state index in [9.17, 15) is 9.90 Å². The van der Waals surface area contributed by atoms with Crippen LogP contribution < -0.4 is 5.32 Å². The second kappa shape index (κ2) is 6.60. The lowest BCUT2D eigenvalue weighted by molar-refractivity contribution is 0.102. The molecule has 0 fully saturated rings. The van der Waals surface area contributed by atoms with Crippen molar-refractivity contribution in [3.8, 4) is 16.3 Å². The molecule has 0 aliphatic carbocycles. The number of thiazole rings is 1. The topological polar surface area (TPSA) is 90.9 Å². The predicted octanol–water partition coefficient (Wildman–Crippen LogP) is 4.95. The molecule has 0 radical (unpaired) electrons. The van der Waals surface area contributed by atoms with Gasteiger partial charge < -0.3 is 10.4 Å². The lowest BCUT2D eigenvalue weighted by Crippen LogP contribution is -2.12. The molecule has 4 rings (SSSR count). The molecule has 130 valence electrons. The van der Waals surface area contributed by atoms with Crippen LogP contribution in [-0.4, -0.2) is 26.2 Å². The summed E-state index contributed by atoms with van der Waals surface area (Å²) < 4.78 is 0. The van der Waals surface area contributed by atoms with Gasteiger partial charge in [0.15, 0.2) is 5.82 Å². The van der Waals surface area contributed by atoms with Crippen LogP contribution in [0.4, 0.5) is 5.82 Å².